The van der Waals surface area contributed by atoms with Gasteiger partial charge in [0.25, 0.3) is 0 Å². The molecule has 1 aliphatic heterocycles. The molecule has 1 saturated heterocycles. The molecule has 0 amide bonds. The Morgan fingerprint density at radius 3 is 2.80 bits per heavy atom. The van der Waals surface area contributed by atoms with Crippen molar-refractivity contribution in [2.45, 2.75) is 38.5 Å². The van der Waals surface area contributed by atoms with Crippen LogP contribution in [0.25, 0.3) is 0 Å². The molecule has 3 rings (SSSR count). The molecule has 5 nitrogen and oxygen atoms in total. The molecule has 30 heavy (non-hydrogen) atoms. The van der Waals surface area contributed by atoms with Crippen LogP contribution in [0.2, 0.25) is 0 Å². The van der Waals surface area contributed by atoms with Crippen LogP contribution < -0.4 is 15.5 Å². The molecule has 0 aliphatic carbocycles. The zero-order chi connectivity index (χ0) is 20.5. The largest absolute Gasteiger partial charge is 0.357 e. The number of rotatable bonds is 9. The van der Waals surface area contributed by atoms with Gasteiger partial charge in [-0.15, -0.1) is 35.3 Å². The molecule has 0 radical (unpaired) electrons. The summed E-state index contributed by atoms with van der Waals surface area (Å²) < 4.78 is 13.5. The van der Waals surface area contributed by atoms with Crippen LogP contribution in [0.15, 0.2) is 28.6 Å². The van der Waals surface area contributed by atoms with Crippen molar-refractivity contribution in [3.05, 3.63) is 46.2 Å². The topological polar surface area (TPSA) is 52.6 Å². The average Bonchev–Trinajstić information content (AvgIpc) is 3.39. The summed E-state index contributed by atoms with van der Waals surface area (Å²) >= 11 is 3.43. The first-order valence-electron chi connectivity index (χ1n) is 10.2. The number of benzene rings is 1. The second-order valence-corrected chi connectivity index (χ2v) is 8.74. The minimum Gasteiger partial charge on any atom is -0.357 e. The van der Waals surface area contributed by atoms with E-state index in [1.54, 1.807) is 29.2 Å². The van der Waals surface area contributed by atoms with Crippen LogP contribution in [-0.4, -0.2) is 43.4 Å². The number of nitrogens with one attached hydrogen (secondary N) is 2. The SMILES string of the molecule is CCNC(=NCc1ccc(F)cc1CSC)NCCc1csc(N2CCCC2)n1.I. The lowest BCUT2D eigenvalue weighted by Crippen LogP contribution is -2.38. The summed E-state index contributed by atoms with van der Waals surface area (Å²) in [6.07, 6.45) is 5.43. The number of thiazole rings is 1. The maximum Gasteiger partial charge on any atom is 0.191 e. The molecule has 1 aromatic heterocycles. The van der Waals surface area contributed by atoms with Gasteiger partial charge in [0, 0.05) is 43.7 Å². The molecule has 166 valence electrons. The molecule has 2 N–H and O–H groups in total. The van der Waals surface area contributed by atoms with E-state index < -0.39 is 0 Å². The first-order chi connectivity index (χ1) is 14.2. The second kappa shape index (κ2) is 13.4. The van der Waals surface area contributed by atoms with Crippen molar-refractivity contribution in [2.75, 3.05) is 37.3 Å². The van der Waals surface area contributed by atoms with Crippen LogP contribution in [0, 0.1) is 5.82 Å². The second-order valence-electron chi connectivity index (χ2n) is 7.03. The van der Waals surface area contributed by atoms with Gasteiger partial charge in [0.2, 0.25) is 0 Å². The van der Waals surface area contributed by atoms with Crippen molar-refractivity contribution in [3.63, 3.8) is 0 Å². The highest BCUT2D eigenvalue weighted by molar-refractivity contribution is 14.0. The number of anilines is 1. The number of nitrogens with zero attached hydrogens (tertiary/aromatic N) is 3. The highest BCUT2D eigenvalue weighted by atomic mass is 127. The van der Waals surface area contributed by atoms with E-state index in [4.69, 9.17) is 9.98 Å². The van der Waals surface area contributed by atoms with E-state index in [1.165, 1.54) is 18.9 Å². The Kier molecular flexibility index (Phi) is 11.2. The number of thioether (sulfide) groups is 1. The monoisotopic (exact) mass is 563 g/mol. The van der Waals surface area contributed by atoms with Gasteiger partial charge >= 0.3 is 0 Å². The molecule has 0 bridgehead atoms. The summed E-state index contributed by atoms with van der Waals surface area (Å²) in [6.45, 7) is 6.41. The average molecular weight is 564 g/mol. The maximum atomic E-state index is 13.5. The summed E-state index contributed by atoms with van der Waals surface area (Å²) in [4.78, 5) is 11.8. The highest BCUT2D eigenvalue weighted by Gasteiger charge is 2.15. The molecule has 0 spiro atoms. The Bertz CT molecular complexity index is 808. The molecule has 0 unspecified atom stereocenters. The molecule has 9 heteroatoms. The lowest BCUT2D eigenvalue weighted by atomic mass is 10.1. The Labute approximate surface area is 204 Å². The summed E-state index contributed by atoms with van der Waals surface area (Å²) in [6, 6.07) is 4.96. The Morgan fingerprint density at radius 2 is 2.07 bits per heavy atom. The van der Waals surface area contributed by atoms with Crippen molar-refractivity contribution in [3.8, 4) is 0 Å². The predicted octanol–water partition coefficient (Wildman–Crippen LogP) is 4.66. The van der Waals surface area contributed by atoms with Crippen molar-refractivity contribution in [2.24, 2.45) is 4.99 Å². The third-order valence-electron chi connectivity index (χ3n) is 4.81. The van der Waals surface area contributed by atoms with Crippen LogP contribution in [0.5, 0.6) is 0 Å². The van der Waals surface area contributed by atoms with Gasteiger partial charge in [-0.3, -0.25) is 0 Å². The molecule has 0 saturated carbocycles. The smallest absolute Gasteiger partial charge is 0.191 e. The third kappa shape index (κ3) is 7.56. The van der Waals surface area contributed by atoms with E-state index in [0.29, 0.717) is 6.54 Å². The minimum atomic E-state index is -0.191. The van der Waals surface area contributed by atoms with Crippen molar-refractivity contribution >= 4 is 58.2 Å². The van der Waals surface area contributed by atoms with Crippen molar-refractivity contribution < 1.29 is 4.39 Å². The van der Waals surface area contributed by atoms with Crippen molar-refractivity contribution in [1.82, 2.24) is 15.6 Å². The standard InChI is InChI=1S/C21H30FN5S2.HI/c1-3-23-20(25-13-16-6-7-18(22)12-17(16)14-28-2)24-9-8-19-15-29-21(26-19)27-10-4-5-11-27;/h6-7,12,15H,3-5,8-11,13-14H2,1-2H3,(H2,23,24,25);1H. The number of aromatic nitrogens is 1. The lowest BCUT2D eigenvalue weighted by Gasteiger charge is -2.13. The fourth-order valence-corrected chi connectivity index (χ4v) is 4.81. The van der Waals surface area contributed by atoms with Gasteiger partial charge in [-0.2, -0.15) is 11.8 Å². The van der Waals surface area contributed by atoms with E-state index in [9.17, 15) is 4.39 Å². The first kappa shape index (κ1) is 25.2. The van der Waals surface area contributed by atoms with Crippen LogP contribution in [0.3, 0.4) is 0 Å². The third-order valence-corrected chi connectivity index (χ3v) is 6.36. The van der Waals surface area contributed by atoms with E-state index in [2.05, 4.69) is 27.8 Å². The summed E-state index contributed by atoms with van der Waals surface area (Å²) in [5, 5.41) is 9.99. The zero-order valence-corrected chi connectivity index (χ0v) is 21.6. The van der Waals surface area contributed by atoms with Crippen LogP contribution in [0.4, 0.5) is 9.52 Å². The minimum absolute atomic E-state index is 0. The molecule has 2 aromatic rings. The van der Waals surface area contributed by atoms with Gasteiger partial charge in [-0.05, 0) is 49.3 Å². The van der Waals surface area contributed by atoms with E-state index >= 15 is 0 Å². The van der Waals surface area contributed by atoms with Gasteiger partial charge in [0.1, 0.15) is 5.82 Å². The Morgan fingerprint density at radius 1 is 1.27 bits per heavy atom. The van der Waals surface area contributed by atoms with E-state index in [0.717, 1.165) is 66.3 Å². The van der Waals surface area contributed by atoms with Gasteiger partial charge in [0.05, 0.1) is 12.2 Å². The quantitative estimate of drug-likeness (QED) is 0.264. The van der Waals surface area contributed by atoms with Gasteiger partial charge < -0.3 is 15.5 Å². The number of hydrogen-bond acceptors (Lipinski definition) is 5. The fraction of sp³-hybridized carbons (Fsp3) is 0.524. The summed E-state index contributed by atoms with van der Waals surface area (Å²) in [5.41, 5.74) is 3.20. The van der Waals surface area contributed by atoms with Gasteiger partial charge in [-0.25, -0.2) is 14.4 Å². The molecule has 1 aromatic carbocycles. The van der Waals surface area contributed by atoms with Crippen molar-refractivity contribution in [1.29, 1.82) is 0 Å². The molecule has 1 aliphatic rings. The Hall–Kier alpha value is -1.07. The van der Waals surface area contributed by atoms with Gasteiger partial charge in [-0.1, -0.05) is 6.07 Å². The lowest BCUT2D eigenvalue weighted by molar-refractivity contribution is 0.625. The normalized spacial score (nSPS) is 14.0. The molecule has 0 atom stereocenters. The molecule has 1 fully saturated rings. The number of guanidine groups is 1. The molecule has 2 heterocycles. The van der Waals surface area contributed by atoms with E-state index in [1.807, 2.05) is 12.3 Å². The molecular weight excluding hydrogens is 532 g/mol. The maximum absolute atomic E-state index is 13.5. The Balaban J connectivity index is 0.00000320. The van der Waals surface area contributed by atoms with Gasteiger partial charge in [0.15, 0.2) is 11.1 Å². The molecular formula is C21H31FIN5S2. The predicted molar refractivity (Wildman–Crippen MR) is 139 cm³/mol. The van der Waals surface area contributed by atoms with Crippen LogP contribution in [0.1, 0.15) is 36.6 Å². The number of hydrogen-bond donors (Lipinski definition) is 2. The fourth-order valence-electron chi connectivity index (χ4n) is 3.32. The zero-order valence-electron chi connectivity index (χ0n) is 17.6. The summed E-state index contributed by atoms with van der Waals surface area (Å²) in [5.74, 6) is 1.38. The highest BCUT2D eigenvalue weighted by Crippen LogP contribution is 2.24. The summed E-state index contributed by atoms with van der Waals surface area (Å²) in [7, 11) is 0. The van der Waals surface area contributed by atoms with E-state index in [-0.39, 0.29) is 29.8 Å². The number of halogens is 2. The number of aliphatic imine (C=N–C) groups is 1. The first-order valence-corrected chi connectivity index (χ1v) is 12.4. The van der Waals surface area contributed by atoms with Crippen LogP contribution in [-0.2, 0) is 18.7 Å². The van der Waals surface area contributed by atoms with Crippen LogP contribution >= 0.6 is 47.1 Å².